The third kappa shape index (κ3) is 3.15. The quantitative estimate of drug-likeness (QED) is 0.737. The predicted molar refractivity (Wildman–Crippen MR) is 60.2 cm³/mol. The zero-order valence-corrected chi connectivity index (χ0v) is 9.10. The van der Waals surface area contributed by atoms with Crippen molar-refractivity contribution in [1.29, 1.82) is 0 Å². The number of para-hydroxylation sites is 1. The van der Waals surface area contributed by atoms with Gasteiger partial charge in [0.2, 0.25) is 5.95 Å². The molecule has 0 bridgehead atoms. The van der Waals surface area contributed by atoms with Gasteiger partial charge in [0, 0.05) is 0 Å². The highest BCUT2D eigenvalue weighted by atomic mass is 16.5. The van der Waals surface area contributed by atoms with Crippen molar-refractivity contribution in [3.8, 4) is 5.75 Å². The van der Waals surface area contributed by atoms with Crippen molar-refractivity contribution >= 4 is 5.95 Å². The third-order valence-corrected chi connectivity index (χ3v) is 2.13. The molecular weight excluding hydrogens is 222 g/mol. The van der Waals surface area contributed by atoms with Crippen LogP contribution in [0.1, 0.15) is 0 Å². The van der Waals surface area contributed by atoms with E-state index >= 15 is 0 Å². The number of benzene rings is 1. The van der Waals surface area contributed by atoms with Crippen LogP contribution in [0.2, 0.25) is 0 Å². The Hall–Kier alpha value is -2.15. The van der Waals surface area contributed by atoms with Crippen LogP contribution < -0.4 is 10.5 Å². The van der Waals surface area contributed by atoms with Gasteiger partial charge in [-0.05, 0) is 22.6 Å². The maximum Gasteiger partial charge on any atom is 0.240 e. The van der Waals surface area contributed by atoms with E-state index < -0.39 is 6.10 Å². The molecule has 0 fully saturated rings. The summed E-state index contributed by atoms with van der Waals surface area (Å²) >= 11 is 0. The fraction of sp³-hybridized carbons (Fsp3) is 0.300. The number of rotatable bonds is 5. The zero-order valence-electron chi connectivity index (χ0n) is 9.10. The molecule has 1 heterocycles. The number of ether oxygens (including phenoxy) is 1. The monoisotopic (exact) mass is 235 g/mol. The first kappa shape index (κ1) is 11.3. The predicted octanol–water partition coefficient (Wildman–Crippen LogP) is -0.305. The Labute approximate surface area is 97.8 Å². The number of aliphatic hydroxyl groups excluding tert-OH is 1. The number of aliphatic hydroxyl groups is 1. The fourth-order valence-corrected chi connectivity index (χ4v) is 1.30. The first-order valence-electron chi connectivity index (χ1n) is 5.13. The molecule has 0 aliphatic carbocycles. The molecule has 1 aromatic heterocycles. The second kappa shape index (κ2) is 5.26. The summed E-state index contributed by atoms with van der Waals surface area (Å²) in [6, 6.07) is 9.25. The van der Waals surface area contributed by atoms with Gasteiger partial charge in [0.1, 0.15) is 18.5 Å². The van der Waals surface area contributed by atoms with Crippen LogP contribution in [0, 0.1) is 0 Å². The summed E-state index contributed by atoms with van der Waals surface area (Å²) in [5.41, 5.74) is 5.47. The Kier molecular flexibility index (Phi) is 3.51. The van der Waals surface area contributed by atoms with Crippen LogP contribution in [-0.2, 0) is 6.54 Å². The largest absolute Gasteiger partial charge is 0.491 e. The van der Waals surface area contributed by atoms with Crippen molar-refractivity contribution < 1.29 is 9.84 Å². The smallest absolute Gasteiger partial charge is 0.240 e. The van der Waals surface area contributed by atoms with Gasteiger partial charge < -0.3 is 15.6 Å². The van der Waals surface area contributed by atoms with Gasteiger partial charge in [-0.15, -0.1) is 0 Å². The van der Waals surface area contributed by atoms with Crippen molar-refractivity contribution in [3.63, 3.8) is 0 Å². The van der Waals surface area contributed by atoms with Gasteiger partial charge >= 0.3 is 0 Å². The van der Waals surface area contributed by atoms with Crippen molar-refractivity contribution in [2.75, 3.05) is 12.3 Å². The molecule has 1 aromatic carbocycles. The molecule has 7 nitrogen and oxygen atoms in total. The molecular formula is C10H13N5O2. The molecule has 1 atom stereocenters. The number of nitrogens with two attached hydrogens (primary N) is 1. The Bertz CT molecular complexity index is 459. The van der Waals surface area contributed by atoms with Gasteiger partial charge in [-0.25, -0.2) is 4.68 Å². The molecule has 2 aromatic rings. The minimum absolute atomic E-state index is 0.156. The van der Waals surface area contributed by atoms with Crippen molar-refractivity contribution in [1.82, 2.24) is 20.2 Å². The average molecular weight is 235 g/mol. The van der Waals surface area contributed by atoms with Crippen molar-refractivity contribution in [3.05, 3.63) is 30.3 Å². The van der Waals surface area contributed by atoms with Crippen LogP contribution in [0.15, 0.2) is 30.3 Å². The number of tetrazole rings is 1. The van der Waals surface area contributed by atoms with E-state index in [-0.39, 0.29) is 19.1 Å². The summed E-state index contributed by atoms with van der Waals surface area (Å²) in [7, 11) is 0. The van der Waals surface area contributed by atoms with Crippen molar-refractivity contribution in [2.24, 2.45) is 0 Å². The maximum atomic E-state index is 9.71. The molecule has 7 heteroatoms. The van der Waals surface area contributed by atoms with Crippen molar-refractivity contribution in [2.45, 2.75) is 12.6 Å². The van der Waals surface area contributed by atoms with Crippen LogP contribution in [-0.4, -0.2) is 38.0 Å². The van der Waals surface area contributed by atoms with Gasteiger partial charge in [-0.1, -0.05) is 23.3 Å². The van der Waals surface area contributed by atoms with E-state index in [0.717, 1.165) is 0 Å². The standard InChI is InChI=1S/C10H13N5O2/c11-10-12-13-14-15(10)6-8(16)7-17-9-4-2-1-3-5-9/h1-5,8,16H,6-7H2,(H2,11,12,14)/t8-/m1/s1. The molecule has 2 rings (SSSR count). The average Bonchev–Trinajstić information content (AvgIpc) is 2.74. The number of hydrogen-bond donors (Lipinski definition) is 2. The summed E-state index contributed by atoms with van der Waals surface area (Å²) in [6.45, 7) is 0.356. The van der Waals surface area contributed by atoms with Crippen LogP contribution in [0.5, 0.6) is 5.75 Å². The lowest BCUT2D eigenvalue weighted by Crippen LogP contribution is -2.25. The van der Waals surface area contributed by atoms with E-state index in [1.54, 1.807) is 0 Å². The molecule has 17 heavy (non-hydrogen) atoms. The lowest BCUT2D eigenvalue weighted by molar-refractivity contribution is 0.0894. The number of nitrogen functional groups attached to an aromatic ring is 1. The van der Waals surface area contributed by atoms with E-state index in [9.17, 15) is 5.11 Å². The second-order valence-corrected chi connectivity index (χ2v) is 3.50. The summed E-state index contributed by atoms with van der Waals surface area (Å²) < 4.78 is 6.70. The molecule has 0 saturated heterocycles. The summed E-state index contributed by atoms with van der Waals surface area (Å²) in [4.78, 5) is 0. The minimum Gasteiger partial charge on any atom is -0.491 e. The highest BCUT2D eigenvalue weighted by molar-refractivity contribution is 5.20. The lowest BCUT2D eigenvalue weighted by atomic mass is 10.3. The summed E-state index contributed by atoms with van der Waals surface area (Å²) in [6.07, 6.45) is -0.721. The van der Waals surface area contributed by atoms with Crippen LogP contribution in [0.25, 0.3) is 0 Å². The van der Waals surface area contributed by atoms with Gasteiger partial charge in [0.25, 0.3) is 0 Å². The number of aromatic nitrogens is 4. The Morgan fingerprint density at radius 1 is 1.35 bits per heavy atom. The second-order valence-electron chi connectivity index (χ2n) is 3.50. The number of nitrogens with zero attached hydrogens (tertiary/aromatic N) is 4. The summed E-state index contributed by atoms with van der Waals surface area (Å²) in [5.74, 6) is 0.875. The van der Waals surface area contributed by atoms with E-state index in [1.165, 1.54) is 4.68 Å². The molecule has 0 unspecified atom stereocenters. The molecule has 90 valence electrons. The highest BCUT2D eigenvalue weighted by Crippen LogP contribution is 2.08. The van der Waals surface area contributed by atoms with Crippen LogP contribution in [0.4, 0.5) is 5.95 Å². The molecule has 0 amide bonds. The molecule has 0 spiro atoms. The number of hydrogen-bond acceptors (Lipinski definition) is 6. The van der Waals surface area contributed by atoms with Crippen LogP contribution in [0.3, 0.4) is 0 Å². The third-order valence-electron chi connectivity index (χ3n) is 2.13. The van der Waals surface area contributed by atoms with E-state index in [4.69, 9.17) is 10.5 Å². The van der Waals surface area contributed by atoms with E-state index in [0.29, 0.717) is 5.75 Å². The molecule has 0 aliphatic heterocycles. The highest BCUT2D eigenvalue weighted by Gasteiger charge is 2.09. The zero-order chi connectivity index (χ0) is 12.1. The Morgan fingerprint density at radius 2 is 2.12 bits per heavy atom. The minimum atomic E-state index is -0.721. The topological polar surface area (TPSA) is 99.1 Å². The molecule has 0 radical (unpaired) electrons. The van der Waals surface area contributed by atoms with E-state index in [1.807, 2.05) is 30.3 Å². The molecule has 3 N–H and O–H groups in total. The normalized spacial score (nSPS) is 12.3. The number of anilines is 1. The van der Waals surface area contributed by atoms with Gasteiger partial charge in [-0.2, -0.15) is 0 Å². The molecule has 0 saturated carbocycles. The first-order chi connectivity index (χ1) is 8.25. The van der Waals surface area contributed by atoms with Crippen LogP contribution >= 0.6 is 0 Å². The first-order valence-corrected chi connectivity index (χ1v) is 5.13. The van der Waals surface area contributed by atoms with Gasteiger partial charge in [0.15, 0.2) is 0 Å². The fourth-order valence-electron chi connectivity index (χ4n) is 1.30. The van der Waals surface area contributed by atoms with Gasteiger partial charge in [-0.3, -0.25) is 0 Å². The molecule has 0 aliphatic rings. The van der Waals surface area contributed by atoms with Gasteiger partial charge in [0.05, 0.1) is 6.54 Å². The maximum absolute atomic E-state index is 9.71. The van der Waals surface area contributed by atoms with E-state index in [2.05, 4.69) is 15.5 Å². The Balaban J connectivity index is 1.82. The lowest BCUT2D eigenvalue weighted by Gasteiger charge is -2.12. The Morgan fingerprint density at radius 3 is 2.76 bits per heavy atom. The summed E-state index contributed by atoms with van der Waals surface area (Å²) in [5, 5.41) is 20.2. The SMILES string of the molecule is Nc1nnnn1C[C@@H](O)COc1ccccc1.